The molecule has 2 aliphatic rings. The van der Waals surface area contributed by atoms with Crippen molar-refractivity contribution in [1.82, 2.24) is 10.2 Å². The largest absolute Gasteiger partial charge is 0.383 e. The molecule has 1 amide bonds. The van der Waals surface area contributed by atoms with Crippen molar-refractivity contribution in [3.63, 3.8) is 0 Å². The molecule has 0 radical (unpaired) electrons. The van der Waals surface area contributed by atoms with E-state index in [-0.39, 0.29) is 49.0 Å². The van der Waals surface area contributed by atoms with Crippen molar-refractivity contribution in [2.24, 2.45) is 5.73 Å². The number of piperidine rings is 1. The van der Waals surface area contributed by atoms with Crippen LogP contribution in [-0.2, 0) is 14.3 Å². The molecule has 2 atom stereocenters. The highest BCUT2D eigenvalue weighted by atomic mass is 35.5. The molecule has 3 N–H and O–H groups in total. The molecular weight excluding hydrogens is 329 g/mol. The summed E-state index contributed by atoms with van der Waals surface area (Å²) in [6.45, 7) is 4.28. The number of carbonyl (C=O) groups is 1. The minimum Gasteiger partial charge on any atom is -0.383 e. The van der Waals surface area contributed by atoms with E-state index in [0.717, 1.165) is 51.9 Å². The van der Waals surface area contributed by atoms with E-state index in [2.05, 4.69) is 10.2 Å². The zero-order valence-electron chi connectivity index (χ0n) is 13.2. The van der Waals surface area contributed by atoms with Gasteiger partial charge in [0.25, 0.3) is 0 Å². The number of rotatable bonds is 6. The zero-order valence-corrected chi connectivity index (χ0v) is 14.8. The number of likely N-dealkylation sites (tertiary alicyclic amines) is 1. The fraction of sp³-hybridized carbons (Fsp3) is 0.929. The fourth-order valence-electron chi connectivity index (χ4n) is 2.89. The Morgan fingerprint density at radius 2 is 1.95 bits per heavy atom. The lowest BCUT2D eigenvalue weighted by Gasteiger charge is -2.32. The van der Waals surface area contributed by atoms with Crippen LogP contribution in [0.2, 0.25) is 0 Å². The molecule has 0 aromatic carbocycles. The van der Waals surface area contributed by atoms with Crippen molar-refractivity contribution >= 4 is 30.7 Å². The van der Waals surface area contributed by atoms with E-state index in [4.69, 9.17) is 15.2 Å². The first-order valence-electron chi connectivity index (χ1n) is 7.60. The number of amides is 1. The van der Waals surface area contributed by atoms with E-state index < -0.39 is 0 Å². The topological polar surface area (TPSA) is 76.8 Å². The quantitative estimate of drug-likeness (QED) is 0.726. The van der Waals surface area contributed by atoms with Crippen molar-refractivity contribution in [2.75, 3.05) is 39.9 Å². The summed E-state index contributed by atoms with van der Waals surface area (Å²) in [5.74, 6) is 0.0382. The second-order valence-electron chi connectivity index (χ2n) is 5.68. The number of halogens is 2. The van der Waals surface area contributed by atoms with Gasteiger partial charge in [0, 0.05) is 39.3 Å². The van der Waals surface area contributed by atoms with Gasteiger partial charge in [-0.05, 0) is 25.7 Å². The first-order chi connectivity index (χ1) is 9.72. The molecule has 0 aromatic heterocycles. The highest BCUT2D eigenvalue weighted by Gasteiger charge is 2.31. The molecule has 22 heavy (non-hydrogen) atoms. The number of methoxy groups -OCH3 is 1. The van der Waals surface area contributed by atoms with Gasteiger partial charge in [-0.2, -0.15) is 0 Å². The summed E-state index contributed by atoms with van der Waals surface area (Å²) in [7, 11) is 1.73. The number of nitrogens with zero attached hydrogens (tertiary/aromatic N) is 1. The van der Waals surface area contributed by atoms with E-state index in [9.17, 15) is 4.79 Å². The molecule has 0 unspecified atom stereocenters. The van der Waals surface area contributed by atoms with Crippen LogP contribution in [0.15, 0.2) is 0 Å². The third kappa shape index (κ3) is 6.56. The van der Waals surface area contributed by atoms with E-state index >= 15 is 0 Å². The summed E-state index contributed by atoms with van der Waals surface area (Å²) in [6, 6.07) is 0.279. The van der Waals surface area contributed by atoms with Gasteiger partial charge in [0.2, 0.25) is 5.91 Å². The Bertz CT molecular complexity index is 316. The average Bonchev–Trinajstić information content (AvgIpc) is 2.95. The highest BCUT2D eigenvalue weighted by Crippen LogP contribution is 2.19. The SMILES string of the molecule is COCCN1CCC(NC(=O)[C@@H]2CC[C@H](CN)O2)CC1.Cl.Cl. The summed E-state index contributed by atoms with van der Waals surface area (Å²) in [4.78, 5) is 14.5. The Hall–Kier alpha value is -0.110. The van der Waals surface area contributed by atoms with E-state index in [1.807, 2.05) is 0 Å². The molecule has 2 fully saturated rings. The number of hydrogen-bond acceptors (Lipinski definition) is 5. The molecule has 0 aromatic rings. The van der Waals surface area contributed by atoms with Crippen molar-refractivity contribution in [3.05, 3.63) is 0 Å². The molecule has 2 saturated heterocycles. The average molecular weight is 358 g/mol. The van der Waals surface area contributed by atoms with Crippen LogP contribution in [0.5, 0.6) is 0 Å². The van der Waals surface area contributed by atoms with Gasteiger partial charge in [-0.3, -0.25) is 4.79 Å². The normalized spacial score (nSPS) is 26.1. The van der Waals surface area contributed by atoms with Crippen molar-refractivity contribution in [3.8, 4) is 0 Å². The van der Waals surface area contributed by atoms with Gasteiger partial charge < -0.3 is 25.4 Å². The third-order valence-electron chi connectivity index (χ3n) is 4.21. The molecule has 2 heterocycles. The number of hydrogen-bond donors (Lipinski definition) is 2. The van der Waals surface area contributed by atoms with Crippen LogP contribution in [0, 0.1) is 0 Å². The van der Waals surface area contributed by atoms with Gasteiger partial charge >= 0.3 is 0 Å². The Kier molecular flexibility index (Phi) is 11.4. The van der Waals surface area contributed by atoms with Crippen LogP contribution in [0.1, 0.15) is 25.7 Å². The predicted octanol–water partition coefficient (Wildman–Crippen LogP) is 0.563. The lowest BCUT2D eigenvalue weighted by Crippen LogP contribution is -2.48. The molecule has 2 rings (SSSR count). The summed E-state index contributed by atoms with van der Waals surface area (Å²) in [5.41, 5.74) is 5.56. The van der Waals surface area contributed by atoms with Crippen LogP contribution in [0.25, 0.3) is 0 Å². The maximum atomic E-state index is 12.1. The number of nitrogens with one attached hydrogen (secondary N) is 1. The van der Waals surface area contributed by atoms with Gasteiger partial charge in [-0.15, -0.1) is 24.8 Å². The molecule has 0 aliphatic carbocycles. The molecule has 0 bridgehead atoms. The van der Waals surface area contributed by atoms with Gasteiger partial charge in [0.05, 0.1) is 12.7 Å². The Morgan fingerprint density at radius 3 is 2.50 bits per heavy atom. The number of carbonyl (C=O) groups excluding carboxylic acids is 1. The van der Waals surface area contributed by atoms with E-state index in [1.54, 1.807) is 7.11 Å². The Balaban J connectivity index is 0.00000220. The molecular formula is C14H29Cl2N3O3. The minimum atomic E-state index is -0.296. The first-order valence-corrected chi connectivity index (χ1v) is 7.60. The molecule has 0 spiro atoms. The number of nitrogens with two attached hydrogens (primary N) is 1. The van der Waals surface area contributed by atoms with Crippen molar-refractivity contribution in [1.29, 1.82) is 0 Å². The van der Waals surface area contributed by atoms with Crippen LogP contribution in [-0.4, -0.2) is 69.0 Å². The maximum Gasteiger partial charge on any atom is 0.249 e. The second kappa shape index (κ2) is 11.4. The monoisotopic (exact) mass is 357 g/mol. The van der Waals surface area contributed by atoms with Crippen LogP contribution in [0.4, 0.5) is 0 Å². The zero-order chi connectivity index (χ0) is 14.4. The summed E-state index contributed by atoms with van der Waals surface area (Å²) >= 11 is 0. The smallest absolute Gasteiger partial charge is 0.249 e. The summed E-state index contributed by atoms with van der Waals surface area (Å²) < 4.78 is 10.7. The molecule has 132 valence electrons. The minimum absolute atomic E-state index is 0. The second-order valence-corrected chi connectivity index (χ2v) is 5.68. The van der Waals surface area contributed by atoms with Gasteiger partial charge in [0.1, 0.15) is 6.10 Å². The van der Waals surface area contributed by atoms with Gasteiger partial charge in [-0.1, -0.05) is 0 Å². The fourth-order valence-corrected chi connectivity index (χ4v) is 2.89. The van der Waals surface area contributed by atoms with Crippen LogP contribution >= 0.6 is 24.8 Å². The Morgan fingerprint density at radius 1 is 1.27 bits per heavy atom. The predicted molar refractivity (Wildman–Crippen MR) is 90.9 cm³/mol. The third-order valence-corrected chi connectivity index (χ3v) is 4.21. The van der Waals surface area contributed by atoms with Crippen LogP contribution in [0.3, 0.4) is 0 Å². The van der Waals surface area contributed by atoms with Gasteiger partial charge in [-0.25, -0.2) is 0 Å². The summed E-state index contributed by atoms with van der Waals surface area (Å²) in [5, 5.41) is 3.12. The summed E-state index contributed by atoms with van der Waals surface area (Å²) in [6.07, 6.45) is 3.45. The molecule has 0 saturated carbocycles. The standard InChI is InChI=1S/C14H27N3O3.2ClH/c1-19-9-8-17-6-4-11(5-7-17)16-14(18)13-3-2-12(10-15)20-13;;/h11-13H,2-10,15H2,1H3,(H,16,18);2*1H/t12-,13+;;/m1../s1. The van der Waals surface area contributed by atoms with Crippen molar-refractivity contribution < 1.29 is 14.3 Å². The molecule has 8 heteroatoms. The van der Waals surface area contributed by atoms with Crippen LogP contribution < -0.4 is 11.1 Å². The molecule has 6 nitrogen and oxygen atoms in total. The first kappa shape index (κ1) is 21.9. The lowest BCUT2D eigenvalue weighted by molar-refractivity contribution is -0.132. The Labute approximate surface area is 145 Å². The number of ether oxygens (including phenoxy) is 2. The van der Waals surface area contributed by atoms with E-state index in [1.165, 1.54) is 0 Å². The maximum absolute atomic E-state index is 12.1. The van der Waals surface area contributed by atoms with E-state index in [0.29, 0.717) is 6.54 Å². The van der Waals surface area contributed by atoms with Gasteiger partial charge in [0.15, 0.2) is 0 Å². The van der Waals surface area contributed by atoms with Crippen molar-refractivity contribution in [2.45, 2.75) is 43.9 Å². The molecule has 2 aliphatic heterocycles. The lowest BCUT2D eigenvalue weighted by atomic mass is 10.0. The highest BCUT2D eigenvalue weighted by molar-refractivity contribution is 5.85.